The lowest BCUT2D eigenvalue weighted by molar-refractivity contribution is -0.132. The van der Waals surface area contributed by atoms with E-state index in [1.165, 1.54) is 24.6 Å². The van der Waals surface area contributed by atoms with E-state index in [9.17, 15) is 9.59 Å². The van der Waals surface area contributed by atoms with E-state index in [0.717, 1.165) is 35.7 Å². The number of morpholine rings is 1. The van der Waals surface area contributed by atoms with Gasteiger partial charge in [0.1, 0.15) is 5.82 Å². The molecule has 2 amide bonds. The van der Waals surface area contributed by atoms with E-state index in [4.69, 9.17) is 9.72 Å². The molecule has 1 aromatic carbocycles. The third kappa shape index (κ3) is 5.19. The number of fused-ring (bicyclic) bond motifs is 1. The van der Waals surface area contributed by atoms with Crippen molar-refractivity contribution in [2.45, 2.75) is 25.8 Å². The maximum Gasteiger partial charge on any atom is 0.234 e. The minimum absolute atomic E-state index is 0.0665. The Kier molecular flexibility index (Phi) is 6.51. The van der Waals surface area contributed by atoms with Gasteiger partial charge in [0.15, 0.2) is 0 Å². The Morgan fingerprint density at radius 2 is 2.00 bits per heavy atom. The van der Waals surface area contributed by atoms with E-state index < -0.39 is 0 Å². The molecule has 4 rings (SSSR count). The molecule has 1 aromatic heterocycles. The third-order valence-corrected chi connectivity index (χ3v) is 6.09. The van der Waals surface area contributed by atoms with Gasteiger partial charge in [-0.3, -0.25) is 9.59 Å². The fourth-order valence-corrected chi connectivity index (χ4v) is 4.36. The van der Waals surface area contributed by atoms with E-state index in [1.807, 2.05) is 24.3 Å². The monoisotopic (exact) mass is 414 g/mol. The predicted octanol–water partition coefficient (Wildman–Crippen LogP) is 2.42. The van der Waals surface area contributed by atoms with Gasteiger partial charge in [0.2, 0.25) is 11.8 Å². The molecule has 154 valence electrons. The van der Waals surface area contributed by atoms with Crippen molar-refractivity contribution in [1.29, 1.82) is 0 Å². The number of amides is 2. The van der Waals surface area contributed by atoms with Gasteiger partial charge < -0.3 is 19.5 Å². The zero-order chi connectivity index (χ0) is 20.1. The summed E-state index contributed by atoms with van der Waals surface area (Å²) in [5.41, 5.74) is 2.70. The van der Waals surface area contributed by atoms with Gasteiger partial charge in [0, 0.05) is 43.5 Å². The molecule has 1 fully saturated rings. The first-order valence-corrected chi connectivity index (χ1v) is 11.2. The largest absolute Gasteiger partial charge is 0.378 e. The topological polar surface area (TPSA) is 76.5 Å². The Morgan fingerprint density at radius 3 is 2.83 bits per heavy atom. The number of aryl methyl sites for hydroxylation is 2. The molecule has 3 heterocycles. The highest BCUT2D eigenvalue weighted by molar-refractivity contribution is 8.00. The zero-order valence-electron chi connectivity index (χ0n) is 16.4. The van der Waals surface area contributed by atoms with Gasteiger partial charge in [-0.05, 0) is 25.0 Å². The number of rotatable bonds is 6. The van der Waals surface area contributed by atoms with Gasteiger partial charge >= 0.3 is 0 Å². The number of aromatic nitrogens is 2. The lowest BCUT2D eigenvalue weighted by Crippen LogP contribution is -2.41. The van der Waals surface area contributed by atoms with Gasteiger partial charge in [-0.25, -0.2) is 4.98 Å². The van der Waals surface area contributed by atoms with Crippen molar-refractivity contribution < 1.29 is 14.3 Å². The number of nitrogens with zero attached hydrogens (tertiary/aromatic N) is 3. The van der Waals surface area contributed by atoms with E-state index in [-0.39, 0.29) is 17.6 Å². The van der Waals surface area contributed by atoms with Crippen LogP contribution in [-0.4, -0.2) is 64.1 Å². The van der Waals surface area contributed by atoms with Crippen molar-refractivity contribution in [2.24, 2.45) is 0 Å². The number of hydrogen-bond donors (Lipinski definition) is 1. The van der Waals surface area contributed by atoms with Crippen LogP contribution in [0.2, 0.25) is 0 Å². The average molecular weight is 415 g/mol. The van der Waals surface area contributed by atoms with E-state index in [1.54, 1.807) is 4.90 Å². The van der Waals surface area contributed by atoms with Gasteiger partial charge in [0.25, 0.3) is 0 Å². The fraction of sp³-hybridized carbons (Fsp3) is 0.476. The van der Waals surface area contributed by atoms with Crippen LogP contribution in [0.3, 0.4) is 0 Å². The molecular weight excluding hydrogens is 388 g/mol. The molecule has 0 unspecified atom stereocenters. The summed E-state index contributed by atoms with van der Waals surface area (Å²) in [6, 6.07) is 7.77. The number of ether oxygens (including phenoxy) is 1. The highest BCUT2D eigenvalue weighted by Gasteiger charge is 2.17. The van der Waals surface area contributed by atoms with Crippen LogP contribution in [0.15, 0.2) is 30.5 Å². The summed E-state index contributed by atoms with van der Waals surface area (Å²) in [5.74, 6) is 1.66. The number of thioether (sulfide) groups is 1. The maximum absolute atomic E-state index is 12.3. The lowest BCUT2D eigenvalue weighted by atomic mass is 10.1. The van der Waals surface area contributed by atoms with Crippen LogP contribution >= 0.6 is 11.8 Å². The average Bonchev–Trinajstić information content (AvgIpc) is 3.19. The van der Waals surface area contributed by atoms with Crippen LogP contribution in [-0.2, 0) is 27.3 Å². The van der Waals surface area contributed by atoms with E-state index in [2.05, 4.69) is 16.1 Å². The van der Waals surface area contributed by atoms with E-state index >= 15 is 0 Å². The van der Waals surface area contributed by atoms with Gasteiger partial charge in [-0.1, -0.05) is 12.1 Å². The molecule has 0 spiro atoms. The summed E-state index contributed by atoms with van der Waals surface area (Å²) in [6.07, 6.45) is 5.52. The van der Waals surface area contributed by atoms with Gasteiger partial charge in [-0.15, -0.1) is 11.8 Å². The highest BCUT2D eigenvalue weighted by atomic mass is 32.2. The normalized spacial score (nSPS) is 16.3. The van der Waals surface area contributed by atoms with Crippen molar-refractivity contribution in [3.63, 3.8) is 0 Å². The number of anilines is 1. The van der Waals surface area contributed by atoms with Crippen molar-refractivity contribution >= 4 is 29.3 Å². The Labute approximate surface area is 174 Å². The first-order chi connectivity index (χ1) is 14.2. The van der Waals surface area contributed by atoms with Crippen molar-refractivity contribution in [1.82, 2.24) is 14.5 Å². The number of imidazole rings is 1. The first-order valence-electron chi connectivity index (χ1n) is 10.1. The second kappa shape index (κ2) is 9.45. The number of nitrogens with one attached hydrogen (secondary N) is 1. The molecule has 0 aliphatic carbocycles. The maximum atomic E-state index is 12.3. The second-order valence-electron chi connectivity index (χ2n) is 7.31. The first kappa shape index (κ1) is 20.0. The summed E-state index contributed by atoms with van der Waals surface area (Å²) >= 11 is 1.34. The molecule has 7 nitrogen and oxygen atoms in total. The minimum atomic E-state index is -0.105. The van der Waals surface area contributed by atoms with Crippen molar-refractivity contribution in [3.05, 3.63) is 36.3 Å². The van der Waals surface area contributed by atoms with Crippen LogP contribution in [0.1, 0.15) is 18.7 Å². The van der Waals surface area contributed by atoms with Crippen LogP contribution in [0.4, 0.5) is 5.69 Å². The number of benzene rings is 1. The minimum Gasteiger partial charge on any atom is -0.378 e. The molecule has 0 radical (unpaired) electrons. The molecule has 0 saturated carbocycles. The highest BCUT2D eigenvalue weighted by Crippen LogP contribution is 2.25. The van der Waals surface area contributed by atoms with Crippen LogP contribution in [0.5, 0.6) is 0 Å². The second-order valence-corrected chi connectivity index (χ2v) is 8.29. The van der Waals surface area contributed by atoms with E-state index in [0.29, 0.717) is 32.1 Å². The molecular formula is C21H26N4O3S. The number of carbonyl (C=O) groups excluding carboxylic acids is 2. The zero-order valence-corrected chi connectivity index (χ0v) is 17.2. The number of carbonyl (C=O) groups is 2. The van der Waals surface area contributed by atoms with Gasteiger partial charge in [0.05, 0.1) is 30.4 Å². The summed E-state index contributed by atoms with van der Waals surface area (Å²) in [4.78, 5) is 31.0. The number of hydrogen-bond acceptors (Lipinski definition) is 5. The Bertz CT molecular complexity index is 853. The standard InChI is InChI=1S/C21H26N4O3S/c26-20(14-29-15-21(27)24-8-10-28-11-9-24)22-17-5-3-4-16(12-17)18-13-25-7-2-1-6-19(25)23-18/h3-5,12-13H,1-2,6-11,14-15H2,(H,22,26). The Hall–Kier alpha value is -2.32. The quantitative estimate of drug-likeness (QED) is 0.786. The molecule has 29 heavy (non-hydrogen) atoms. The molecule has 1 N–H and O–H groups in total. The molecule has 0 atom stereocenters. The lowest BCUT2D eigenvalue weighted by Gasteiger charge is -2.26. The molecule has 8 heteroatoms. The summed E-state index contributed by atoms with van der Waals surface area (Å²) in [7, 11) is 0. The smallest absolute Gasteiger partial charge is 0.234 e. The Morgan fingerprint density at radius 1 is 1.14 bits per heavy atom. The molecule has 1 saturated heterocycles. The van der Waals surface area contributed by atoms with Crippen molar-refractivity contribution in [3.8, 4) is 11.3 Å². The molecule has 0 bridgehead atoms. The SMILES string of the molecule is O=C(CSCC(=O)N1CCOCC1)Nc1cccc(-c2cn3c(n2)CCCC3)c1. The predicted molar refractivity (Wildman–Crippen MR) is 114 cm³/mol. The molecule has 2 aliphatic rings. The molecule has 2 aliphatic heterocycles. The summed E-state index contributed by atoms with van der Waals surface area (Å²) < 4.78 is 7.48. The third-order valence-electron chi connectivity index (χ3n) is 5.17. The fourth-order valence-electron chi connectivity index (χ4n) is 3.64. The van der Waals surface area contributed by atoms with Crippen LogP contribution in [0.25, 0.3) is 11.3 Å². The molecule has 2 aromatic rings. The summed E-state index contributed by atoms with van der Waals surface area (Å²) in [6.45, 7) is 3.48. The summed E-state index contributed by atoms with van der Waals surface area (Å²) in [5, 5.41) is 2.93. The van der Waals surface area contributed by atoms with Gasteiger partial charge in [-0.2, -0.15) is 0 Å². The Balaban J connectivity index is 1.29. The van der Waals surface area contributed by atoms with Crippen LogP contribution < -0.4 is 5.32 Å². The van der Waals surface area contributed by atoms with Crippen molar-refractivity contribution in [2.75, 3.05) is 43.1 Å². The van der Waals surface area contributed by atoms with Crippen LogP contribution in [0, 0.1) is 0 Å².